The van der Waals surface area contributed by atoms with Gasteiger partial charge in [-0.2, -0.15) is 5.10 Å². The molecule has 1 amide bonds. The van der Waals surface area contributed by atoms with Crippen LogP contribution < -0.4 is 5.32 Å². The van der Waals surface area contributed by atoms with Crippen molar-refractivity contribution >= 4 is 33.8 Å². The highest BCUT2D eigenvalue weighted by Gasteiger charge is 2.19. The molecule has 9 nitrogen and oxygen atoms in total. The van der Waals surface area contributed by atoms with E-state index in [1.807, 2.05) is 18.2 Å². The van der Waals surface area contributed by atoms with Crippen LogP contribution in [0.4, 0.5) is 10.1 Å². The van der Waals surface area contributed by atoms with Crippen molar-refractivity contribution in [3.05, 3.63) is 73.1 Å². The maximum absolute atomic E-state index is 13.5. The Balaban J connectivity index is 1.19. The van der Waals surface area contributed by atoms with Crippen LogP contribution in [0.1, 0.15) is 38.5 Å². The molecule has 0 atom stereocenters. The molecular formula is C31H27FN8O. The molecule has 5 aromatic heterocycles. The second-order valence-electron chi connectivity index (χ2n) is 10.6. The van der Waals surface area contributed by atoms with E-state index in [1.165, 1.54) is 31.4 Å². The summed E-state index contributed by atoms with van der Waals surface area (Å²) in [7, 11) is 0. The molecule has 41 heavy (non-hydrogen) atoms. The van der Waals surface area contributed by atoms with Gasteiger partial charge < -0.3 is 10.3 Å². The minimum absolute atomic E-state index is 0.0278. The van der Waals surface area contributed by atoms with Crippen LogP contribution in [-0.2, 0) is 4.79 Å². The summed E-state index contributed by atoms with van der Waals surface area (Å²) in [6.07, 6.45) is 13.3. The number of aromatic nitrogens is 7. The van der Waals surface area contributed by atoms with E-state index in [-0.39, 0.29) is 11.7 Å². The Morgan fingerprint density at radius 1 is 0.927 bits per heavy atom. The molecule has 0 unspecified atom stereocenters. The molecule has 7 rings (SSSR count). The van der Waals surface area contributed by atoms with Crippen molar-refractivity contribution in [2.75, 3.05) is 5.32 Å². The lowest BCUT2D eigenvalue weighted by Gasteiger charge is -2.20. The molecular weight excluding hydrogens is 519 g/mol. The van der Waals surface area contributed by atoms with Gasteiger partial charge in [-0.1, -0.05) is 31.4 Å². The van der Waals surface area contributed by atoms with Gasteiger partial charge in [0.2, 0.25) is 5.91 Å². The first-order valence-electron chi connectivity index (χ1n) is 13.8. The van der Waals surface area contributed by atoms with Gasteiger partial charge in [0.25, 0.3) is 0 Å². The van der Waals surface area contributed by atoms with Crippen molar-refractivity contribution in [2.24, 2.45) is 5.92 Å². The van der Waals surface area contributed by atoms with E-state index >= 15 is 0 Å². The lowest BCUT2D eigenvalue weighted by Crippen LogP contribution is -2.18. The van der Waals surface area contributed by atoms with Gasteiger partial charge in [-0.15, -0.1) is 0 Å². The Morgan fingerprint density at radius 2 is 1.76 bits per heavy atom. The van der Waals surface area contributed by atoms with Gasteiger partial charge >= 0.3 is 0 Å². The third-order valence-electron chi connectivity index (χ3n) is 7.73. The molecule has 204 valence electrons. The van der Waals surface area contributed by atoms with E-state index in [0.717, 1.165) is 40.5 Å². The van der Waals surface area contributed by atoms with Crippen LogP contribution in [-0.4, -0.2) is 41.0 Å². The second-order valence-corrected chi connectivity index (χ2v) is 10.6. The lowest BCUT2D eigenvalue weighted by atomic mass is 9.87. The minimum atomic E-state index is -0.296. The number of carbonyl (C=O) groups is 1. The summed E-state index contributed by atoms with van der Waals surface area (Å²) in [4.78, 5) is 34.1. The molecule has 1 aromatic carbocycles. The van der Waals surface area contributed by atoms with Crippen LogP contribution >= 0.6 is 0 Å². The largest absolute Gasteiger partial charge is 0.325 e. The summed E-state index contributed by atoms with van der Waals surface area (Å²) in [6, 6.07) is 12.0. The van der Waals surface area contributed by atoms with Crippen LogP contribution in [0.5, 0.6) is 0 Å². The van der Waals surface area contributed by atoms with E-state index in [0.29, 0.717) is 46.4 Å². The van der Waals surface area contributed by atoms with Gasteiger partial charge in [0, 0.05) is 41.7 Å². The lowest BCUT2D eigenvalue weighted by molar-refractivity contribution is -0.117. The molecule has 5 heterocycles. The number of hydrogen-bond donors (Lipinski definition) is 3. The number of nitrogens with one attached hydrogen (secondary N) is 3. The molecule has 0 saturated heterocycles. The highest BCUT2D eigenvalue weighted by atomic mass is 19.1. The average Bonchev–Trinajstić information content (AvgIpc) is 3.62. The van der Waals surface area contributed by atoms with Crippen molar-refractivity contribution in [1.82, 2.24) is 35.1 Å². The van der Waals surface area contributed by atoms with E-state index in [1.54, 1.807) is 36.9 Å². The zero-order chi connectivity index (χ0) is 27.8. The SMILES string of the molecule is O=C(CC1CCCCC1)Nc1cncc(-c2cnc3[nH]nc(-c4nc5c(-c6ccc(F)cc6)ccnc5[nH]4)c3c2)c1. The Bertz CT molecular complexity index is 1870. The van der Waals surface area contributed by atoms with Crippen molar-refractivity contribution in [3.63, 3.8) is 0 Å². The minimum Gasteiger partial charge on any atom is -0.325 e. The number of rotatable bonds is 6. The van der Waals surface area contributed by atoms with Gasteiger partial charge in [0.1, 0.15) is 17.0 Å². The predicted octanol–water partition coefficient (Wildman–Crippen LogP) is 6.67. The predicted molar refractivity (Wildman–Crippen MR) is 155 cm³/mol. The third kappa shape index (κ3) is 5.04. The Kier molecular flexibility index (Phi) is 6.42. The molecule has 0 spiro atoms. The monoisotopic (exact) mass is 546 g/mol. The maximum Gasteiger partial charge on any atom is 0.224 e. The van der Waals surface area contributed by atoms with E-state index in [2.05, 4.69) is 35.5 Å². The molecule has 6 aromatic rings. The number of nitrogens with zero attached hydrogens (tertiary/aromatic N) is 5. The normalized spacial score (nSPS) is 14.1. The van der Waals surface area contributed by atoms with Gasteiger partial charge in [0.15, 0.2) is 17.1 Å². The highest BCUT2D eigenvalue weighted by Crippen LogP contribution is 2.32. The quantitative estimate of drug-likeness (QED) is 0.214. The van der Waals surface area contributed by atoms with E-state index in [9.17, 15) is 9.18 Å². The Hall–Kier alpha value is -4.99. The van der Waals surface area contributed by atoms with Crippen LogP contribution in [0.3, 0.4) is 0 Å². The summed E-state index contributed by atoms with van der Waals surface area (Å²) < 4.78 is 13.5. The zero-order valence-corrected chi connectivity index (χ0v) is 22.2. The molecule has 1 saturated carbocycles. The van der Waals surface area contributed by atoms with E-state index < -0.39 is 0 Å². The number of hydrogen-bond acceptors (Lipinski definition) is 6. The van der Waals surface area contributed by atoms with Gasteiger partial charge in [-0.3, -0.25) is 14.9 Å². The van der Waals surface area contributed by atoms with Gasteiger partial charge in [0.05, 0.1) is 17.3 Å². The molecule has 0 aliphatic heterocycles. The molecule has 10 heteroatoms. The number of aromatic amines is 2. The van der Waals surface area contributed by atoms with Crippen LogP contribution in [0.25, 0.3) is 56.0 Å². The number of amides is 1. The standard InChI is InChI=1S/C31H27FN8O/c32-22-8-6-19(7-9-22)24-10-11-34-30-27(24)37-31(38-30)28-25-14-21(16-35-29(25)40-39-28)20-13-23(17-33-15-20)36-26(41)12-18-4-2-1-3-5-18/h6-11,13-18H,1-5,12H2,(H,36,41)(H,34,37,38)(H,35,39,40). The first-order valence-corrected chi connectivity index (χ1v) is 13.8. The van der Waals surface area contributed by atoms with Crippen LogP contribution in [0.15, 0.2) is 67.3 Å². The van der Waals surface area contributed by atoms with Gasteiger partial charge in [-0.25, -0.2) is 19.3 Å². The molecule has 3 N–H and O–H groups in total. The molecule has 0 radical (unpaired) electrons. The number of benzene rings is 1. The number of pyridine rings is 3. The van der Waals surface area contributed by atoms with Crippen LogP contribution in [0, 0.1) is 11.7 Å². The molecule has 0 bridgehead atoms. The smallest absolute Gasteiger partial charge is 0.224 e. The number of anilines is 1. The molecule has 1 aliphatic rings. The fourth-order valence-corrected chi connectivity index (χ4v) is 5.66. The Labute approximate surface area is 234 Å². The molecule has 1 aliphatic carbocycles. The fourth-order valence-electron chi connectivity index (χ4n) is 5.66. The zero-order valence-electron chi connectivity index (χ0n) is 22.2. The number of halogens is 1. The fraction of sp³-hybridized carbons (Fsp3) is 0.226. The summed E-state index contributed by atoms with van der Waals surface area (Å²) in [5.41, 5.74) is 6.47. The summed E-state index contributed by atoms with van der Waals surface area (Å²) in [5.74, 6) is 0.732. The number of fused-ring (bicyclic) bond motifs is 2. The topological polar surface area (TPSA) is 125 Å². The van der Waals surface area contributed by atoms with Crippen molar-refractivity contribution in [3.8, 4) is 33.8 Å². The summed E-state index contributed by atoms with van der Waals surface area (Å²) >= 11 is 0. The van der Waals surface area contributed by atoms with Crippen molar-refractivity contribution in [2.45, 2.75) is 38.5 Å². The second kappa shape index (κ2) is 10.5. The van der Waals surface area contributed by atoms with Crippen molar-refractivity contribution < 1.29 is 9.18 Å². The molecule has 1 fully saturated rings. The maximum atomic E-state index is 13.5. The third-order valence-corrected chi connectivity index (χ3v) is 7.73. The highest BCUT2D eigenvalue weighted by molar-refractivity contribution is 5.96. The number of imidazole rings is 1. The first-order chi connectivity index (χ1) is 20.1. The van der Waals surface area contributed by atoms with Gasteiger partial charge in [-0.05, 0) is 54.7 Å². The number of H-pyrrole nitrogens is 2. The summed E-state index contributed by atoms with van der Waals surface area (Å²) in [5, 5.41) is 11.3. The van der Waals surface area contributed by atoms with E-state index in [4.69, 9.17) is 4.98 Å². The average molecular weight is 547 g/mol. The number of carbonyl (C=O) groups excluding carboxylic acids is 1. The Morgan fingerprint density at radius 3 is 2.61 bits per heavy atom. The van der Waals surface area contributed by atoms with Crippen molar-refractivity contribution in [1.29, 1.82) is 0 Å². The first kappa shape index (κ1) is 25.0. The van der Waals surface area contributed by atoms with Crippen LogP contribution in [0.2, 0.25) is 0 Å². The summed E-state index contributed by atoms with van der Waals surface area (Å²) in [6.45, 7) is 0.